The molecule has 0 bridgehead atoms. The summed E-state index contributed by atoms with van der Waals surface area (Å²) in [6, 6.07) is 0.0874. The SMILES string of the molecule is O=C(O)C1CNC2CC(Cl)CCC2C1=O. The molecule has 15 heavy (non-hydrogen) atoms. The molecule has 1 heterocycles. The van der Waals surface area contributed by atoms with Crippen molar-refractivity contribution in [3.05, 3.63) is 0 Å². The number of nitrogens with one attached hydrogen (secondary N) is 1. The number of carboxylic acids is 1. The number of halogens is 1. The lowest BCUT2D eigenvalue weighted by molar-refractivity contribution is -0.149. The van der Waals surface area contributed by atoms with Crippen LogP contribution in [0.15, 0.2) is 0 Å². The fraction of sp³-hybridized carbons (Fsp3) is 0.800. The Morgan fingerprint density at radius 2 is 2.20 bits per heavy atom. The minimum Gasteiger partial charge on any atom is -0.481 e. The zero-order valence-electron chi connectivity index (χ0n) is 8.28. The van der Waals surface area contributed by atoms with Gasteiger partial charge in [-0.3, -0.25) is 9.59 Å². The predicted molar refractivity (Wildman–Crippen MR) is 54.9 cm³/mol. The monoisotopic (exact) mass is 231 g/mol. The number of carboxylic acid groups (broad SMARTS) is 1. The molecular weight excluding hydrogens is 218 g/mol. The molecule has 0 amide bonds. The molecule has 0 aromatic heterocycles. The van der Waals surface area contributed by atoms with Gasteiger partial charge in [0.1, 0.15) is 5.92 Å². The fourth-order valence-electron chi connectivity index (χ4n) is 2.52. The van der Waals surface area contributed by atoms with Crippen molar-refractivity contribution < 1.29 is 14.7 Å². The molecule has 5 heteroatoms. The van der Waals surface area contributed by atoms with E-state index in [0.717, 1.165) is 12.8 Å². The van der Waals surface area contributed by atoms with Crippen LogP contribution in [0.1, 0.15) is 19.3 Å². The molecule has 0 aromatic rings. The lowest BCUT2D eigenvalue weighted by atomic mass is 9.75. The summed E-state index contributed by atoms with van der Waals surface area (Å²) >= 11 is 6.02. The Hall–Kier alpha value is -0.610. The Labute approximate surface area is 93.0 Å². The van der Waals surface area contributed by atoms with E-state index in [9.17, 15) is 9.59 Å². The summed E-state index contributed by atoms with van der Waals surface area (Å²) in [5, 5.41) is 12.1. The van der Waals surface area contributed by atoms with E-state index in [2.05, 4.69) is 5.32 Å². The highest BCUT2D eigenvalue weighted by molar-refractivity contribution is 6.20. The maximum atomic E-state index is 11.8. The number of aliphatic carboxylic acids is 1. The number of ketones is 1. The number of carbonyl (C=O) groups is 2. The van der Waals surface area contributed by atoms with Crippen LogP contribution in [0.25, 0.3) is 0 Å². The summed E-state index contributed by atoms with van der Waals surface area (Å²) in [7, 11) is 0. The first-order chi connectivity index (χ1) is 7.09. The van der Waals surface area contributed by atoms with E-state index in [1.807, 2.05) is 0 Å². The number of Topliss-reactive ketones (excluding diaryl/α,β-unsaturated/α-hetero) is 1. The molecule has 4 nitrogen and oxygen atoms in total. The van der Waals surface area contributed by atoms with Crippen LogP contribution in [0.3, 0.4) is 0 Å². The van der Waals surface area contributed by atoms with E-state index in [1.165, 1.54) is 0 Å². The topological polar surface area (TPSA) is 66.4 Å². The first-order valence-corrected chi connectivity index (χ1v) is 5.67. The number of hydrogen-bond acceptors (Lipinski definition) is 3. The molecule has 1 aliphatic heterocycles. The summed E-state index contributed by atoms with van der Waals surface area (Å²) in [4.78, 5) is 22.7. The van der Waals surface area contributed by atoms with Crippen molar-refractivity contribution in [3.8, 4) is 0 Å². The largest absolute Gasteiger partial charge is 0.481 e. The van der Waals surface area contributed by atoms with Crippen LogP contribution in [0.5, 0.6) is 0 Å². The third-order valence-corrected chi connectivity index (χ3v) is 3.77. The van der Waals surface area contributed by atoms with Crippen molar-refractivity contribution in [2.45, 2.75) is 30.7 Å². The summed E-state index contributed by atoms with van der Waals surface area (Å²) in [6.07, 6.45) is 2.29. The van der Waals surface area contributed by atoms with Crippen molar-refractivity contribution in [1.82, 2.24) is 5.32 Å². The zero-order valence-corrected chi connectivity index (χ0v) is 9.04. The van der Waals surface area contributed by atoms with E-state index < -0.39 is 11.9 Å². The summed E-state index contributed by atoms with van der Waals surface area (Å²) < 4.78 is 0. The summed E-state index contributed by atoms with van der Waals surface area (Å²) in [5.74, 6) is -2.14. The van der Waals surface area contributed by atoms with Crippen molar-refractivity contribution in [2.75, 3.05) is 6.54 Å². The number of carbonyl (C=O) groups excluding carboxylic acids is 1. The molecule has 0 aromatic carbocycles. The van der Waals surface area contributed by atoms with Crippen LogP contribution in [0.2, 0.25) is 0 Å². The quantitative estimate of drug-likeness (QED) is 0.513. The van der Waals surface area contributed by atoms with Crippen LogP contribution in [-0.4, -0.2) is 34.8 Å². The normalized spacial score (nSPS) is 41.0. The standard InChI is InChI=1S/C10H14ClNO3/c11-5-1-2-6-8(3-5)12-4-7(9(6)13)10(14)15/h5-8,12H,1-4H2,(H,14,15). The van der Waals surface area contributed by atoms with E-state index in [-0.39, 0.29) is 29.7 Å². The minimum absolute atomic E-state index is 0.0874. The second kappa shape index (κ2) is 4.10. The second-order valence-corrected chi connectivity index (χ2v) is 4.94. The van der Waals surface area contributed by atoms with E-state index in [4.69, 9.17) is 16.7 Å². The van der Waals surface area contributed by atoms with Gasteiger partial charge in [0, 0.05) is 23.9 Å². The molecule has 0 radical (unpaired) electrons. The molecule has 1 saturated carbocycles. The molecule has 4 unspecified atom stereocenters. The van der Waals surface area contributed by atoms with Crippen LogP contribution >= 0.6 is 11.6 Å². The average Bonchev–Trinajstić information content (AvgIpc) is 2.17. The van der Waals surface area contributed by atoms with Gasteiger partial charge < -0.3 is 10.4 Å². The Morgan fingerprint density at radius 3 is 2.87 bits per heavy atom. The fourth-order valence-corrected chi connectivity index (χ4v) is 2.84. The first kappa shape index (κ1) is 10.9. The Morgan fingerprint density at radius 1 is 1.47 bits per heavy atom. The highest BCUT2D eigenvalue weighted by Gasteiger charge is 2.43. The van der Waals surface area contributed by atoms with Crippen molar-refractivity contribution >= 4 is 23.4 Å². The van der Waals surface area contributed by atoms with Gasteiger partial charge in [-0.15, -0.1) is 11.6 Å². The molecule has 4 atom stereocenters. The first-order valence-electron chi connectivity index (χ1n) is 5.23. The predicted octanol–water partition coefficient (Wildman–Crippen LogP) is 0.636. The second-order valence-electron chi connectivity index (χ2n) is 4.32. The molecule has 1 saturated heterocycles. The van der Waals surface area contributed by atoms with Gasteiger partial charge in [0.05, 0.1) is 0 Å². The summed E-state index contributed by atoms with van der Waals surface area (Å²) in [6.45, 7) is 0.249. The summed E-state index contributed by atoms with van der Waals surface area (Å²) in [5.41, 5.74) is 0. The van der Waals surface area contributed by atoms with E-state index in [1.54, 1.807) is 0 Å². The van der Waals surface area contributed by atoms with Crippen molar-refractivity contribution in [2.24, 2.45) is 11.8 Å². The number of rotatable bonds is 1. The maximum Gasteiger partial charge on any atom is 0.315 e. The minimum atomic E-state index is -1.01. The Kier molecular flexibility index (Phi) is 2.98. The molecule has 2 N–H and O–H groups in total. The lowest BCUT2D eigenvalue weighted by Crippen LogP contribution is -2.55. The Bertz CT molecular complexity index is 294. The zero-order chi connectivity index (χ0) is 11.0. The van der Waals surface area contributed by atoms with Crippen molar-refractivity contribution in [3.63, 3.8) is 0 Å². The molecule has 84 valence electrons. The molecule has 1 aliphatic carbocycles. The number of hydrogen-bond donors (Lipinski definition) is 2. The van der Waals surface area contributed by atoms with E-state index >= 15 is 0 Å². The molecule has 0 spiro atoms. The smallest absolute Gasteiger partial charge is 0.315 e. The molecular formula is C10H14ClNO3. The maximum absolute atomic E-state index is 11.8. The van der Waals surface area contributed by atoms with Gasteiger partial charge in [0.15, 0.2) is 5.78 Å². The van der Waals surface area contributed by atoms with Crippen LogP contribution < -0.4 is 5.32 Å². The third-order valence-electron chi connectivity index (χ3n) is 3.38. The third kappa shape index (κ3) is 2.01. The Balaban J connectivity index is 2.09. The van der Waals surface area contributed by atoms with Gasteiger partial charge in [-0.2, -0.15) is 0 Å². The van der Waals surface area contributed by atoms with Gasteiger partial charge in [-0.25, -0.2) is 0 Å². The van der Waals surface area contributed by atoms with Gasteiger partial charge >= 0.3 is 5.97 Å². The number of fused-ring (bicyclic) bond motifs is 1. The van der Waals surface area contributed by atoms with Gasteiger partial charge in [0.25, 0.3) is 0 Å². The van der Waals surface area contributed by atoms with Crippen LogP contribution in [-0.2, 0) is 9.59 Å². The highest BCUT2D eigenvalue weighted by atomic mass is 35.5. The molecule has 2 rings (SSSR count). The van der Waals surface area contributed by atoms with Gasteiger partial charge in [0.2, 0.25) is 0 Å². The van der Waals surface area contributed by atoms with E-state index in [0.29, 0.717) is 6.42 Å². The van der Waals surface area contributed by atoms with Gasteiger partial charge in [-0.1, -0.05) is 0 Å². The van der Waals surface area contributed by atoms with Crippen LogP contribution in [0.4, 0.5) is 0 Å². The van der Waals surface area contributed by atoms with Crippen molar-refractivity contribution in [1.29, 1.82) is 0 Å². The number of piperidine rings is 1. The number of alkyl halides is 1. The molecule has 2 fully saturated rings. The highest BCUT2D eigenvalue weighted by Crippen LogP contribution is 2.32. The van der Waals surface area contributed by atoms with Gasteiger partial charge in [-0.05, 0) is 19.3 Å². The average molecular weight is 232 g/mol. The van der Waals surface area contributed by atoms with Crippen LogP contribution in [0, 0.1) is 11.8 Å². The molecule has 2 aliphatic rings. The lowest BCUT2D eigenvalue weighted by Gasteiger charge is -2.39.